The lowest BCUT2D eigenvalue weighted by molar-refractivity contribution is -0.154. The van der Waals surface area contributed by atoms with Crippen molar-refractivity contribution in [3.8, 4) is 0 Å². The molecule has 108 valence electrons. The molecule has 19 heavy (non-hydrogen) atoms. The van der Waals surface area contributed by atoms with E-state index in [1.54, 1.807) is 0 Å². The van der Waals surface area contributed by atoms with Crippen molar-refractivity contribution in [3.05, 3.63) is 0 Å². The summed E-state index contributed by atoms with van der Waals surface area (Å²) in [5.74, 6) is -0.956. The molecule has 1 unspecified atom stereocenters. The molecule has 5 nitrogen and oxygen atoms in total. The Kier molecular flexibility index (Phi) is 4.80. The van der Waals surface area contributed by atoms with Gasteiger partial charge in [-0.2, -0.15) is 0 Å². The van der Waals surface area contributed by atoms with Gasteiger partial charge in [-0.3, -0.25) is 9.59 Å². The Morgan fingerprint density at radius 1 is 1.21 bits per heavy atom. The van der Waals surface area contributed by atoms with Crippen molar-refractivity contribution in [2.75, 3.05) is 13.2 Å². The van der Waals surface area contributed by atoms with Crippen LogP contribution in [-0.2, 0) is 14.3 Å². The lowest BCUT2D eigenvalue weighted by atomic mass is 9.71. The minimum absolute atomic E-state index is 0.0516. The first-order chi connectivity index (χ1) is 9.12. The Bertz CT molecular complexity index is 330. The average Bonchev–Trinajstić information content (AvgIpc) is 2.40. The van der Waals surface area contributed by atoms with Gasteiger partial charge in [-0.1, -0.05) is 19.3 Å². The monoisotopic (exact) mass is 269 g/mol. The van der Waals surface area contributed by atoms with Crippen molar-refractivity contribution in [2.45, 2.75) is 57.4 Å². The number of ether oxygens (including phenoxy) is 1. The molecule has 1 heterocycles. The lowest BCUT2D eigenvalue weighted by Gasteiger charge is -2.33. The topological polar surface area (TPSA) is 75.6 Å². The van der Waals surface area contributed by atoms with Gasteiger partial charge < -0.3 is 15.2 Å². The number of aliphatic carboxylic acids is 1. The minimum atomic E-state index is -0.835. The highest BCUT2D eigenvalue weighted by Gasteiger charge is 2.41. The molecule has 1 saturated heterocycles. The van der Waals surface area contributed by atoms with Gasteiger partial charge in [-0.05, 0) is 25.7 Å². The lowest BCUT2D eigenvalue weighted by Crippen LogP contribution is -2.44. The molecule has 1 amide bonds. The summed E-state index contributed by atoms with van der Waals surface area (Å²) >= 11 is 0. The van der Waals surface area contributed by atoms with E-state index in [1.807, 2.05) is 0 Å². The quantitative estimate of drug-likeness (QED) is 0.814. The zero-order chi connectivity index (χ0) is 13.7. The summed E-state index contributed by atoms with van der Waals surface area (Å²) in [6.07, 6.45) is 6.12. The smallest absolute Gasteiger partial charge is 0.310 e. The number of carbonyl (C=O) groups is 2. The molecule has 1 saturated carbocycles. The van der Waals surface area contributed by atoms with Crippen LogP contribution < -0.4 is 5.32 Å². The molecule has 1 aliphatic carbocycles. The molecule has 0 aromatic heterocycles. The van der Waals surface area contributed by atoms with Crippen LogP contribution in [0.4, 0.5) is 0 Å². The van der Waals surface area contributed by atoms with Crippen LogP contribution >= 0.6 is 0 Å². The molecular weight excluding hydrogens is 246 g/mol. The molecule has 0 spiro atoms. The molecule has 0 aromatic rings. The molecule has 2 rings (SSSR count). The fraction of sp³-hybridized carbons (Fsp3) is 0.857. The Morgan fingerprint density at radius 3 is 2.53 bits per heavy atom. The predicted octanol–water partition coefficient (Wildman–Crippen LogP) is 1.71. The second kappa shape index (κ2) is 6.37. The van der Waals surface area contributed by atoms with Crippen molar-refractivity contribution < 1.29 is 19.4 Å². The fourth-order valence-corrected chi connectivity index (χ4v) is 3.14. The average molecular weight is 269 g/mol. The normalized spacial score (nSPS) is 26.6. The number of carboxylic acid groups (broad SMARTS) is 1. The highest BCUT2D eigenvalue weighted by molar-refractivity contribution is 5.85. The number of nitrogens with one attached hydrogen (secondary N) is 1. The summed E-state index contributed by atoms with van der Waals surface area (Å²) in [6.45, 7) is 1.30. The number of hydrogen-bond acceptors (Lipinski definition) is 3. The van der Waals surface area contributed by atoms with Gasteiger partial charge in [0.15, 0.2) is 0 Å². The van der Waals surface area contributed by atoms with Crippen LogP contribution in [0.3, 0.4) is 0 Å². The number of rotatable bonds is 4. The van der Waals surface area contributed by atoms with Crippen LogP contribution in [0, 0.1) is 5.41 Å². The Labute approximate surface area is 113 Å². The van der Waals surface area contributed by atoms with E-state index >= 15 is 0 Å². The zero-order valence-corrected chi connectivity index (χ0v) is 11.3. The van der Waals surface area contributed by atoms with E-state index in [-0.39, 0.29) is 18.4 Å². The molecule has 2 N–H and O–H groups in total. The van der Waals surface area contributed by atoms with E-state index in [4.69, 9.17) is 4.74 Å². The molecular formula is C14H23NO4. The Hall–Kier alpha value is -1.10. The van der Waals surface area contributed by atoms with Crippen LogP contribution in [0.2, 0.25) is 0 Å². The summed E-state index contributed by atoms with van der Waals surface area (Å²) in [7, 11) is 0. The van der Waals surface area contributed by atoms with Gasteiger partial charge >= 0.3 is 5.97 Å². The number of carboxylic acids is 1. The molecule has 2 aliphatic rings. The van der Waals surface area contributed by atoms with Crippen molar-refractivity contribution in [1.29, 1.82) is 0 Å². The van der Waals surface area contributed by atoms with Crippen molar-refractivity contribution in [3.63, 3.8) is 0 Å². The van der Waals surface area contributed by atoms with E-state index in [0.29, 0.717) is 19.4 Å². The molecule has 1 atom stereocenters. The second-order valence-electron chi connectivity index (χ2n) is 5.80. The predicted molar refractivity (Wildman–Crippen MR) is 69.8 cm³/mol. The number of amides is 1. The SMILES string of the molecule is O=C(CC1(C(=O)O)CCCCC1)NC1CCCOC1. The Morgan fingerprint density at radius 2 is 1.95 bits per heavy atom. The molecule has 0 aromatic carbocycles. The van der Waals surface area contributed by atoms with Gasteiger partial charge in [-0.25, -0.2) is 0 Å². The molecule has 1 aliphatic heterocycles. The third-order valence-corrected chi connectivity index (χ3v) is 4.29. The van der Waals surface area contributed by atoms with Crippen molar-refractivity contribution in [1.82, 2.24) is 5.32 Å². The maximum absolute atomic E-state index is 12.1. The van der Waals surface area contributed by atoms with Gasteiger partial charge in [0.1, 0.15) is 0 Å². The highest BCUT2D eigenvalue weighted by atomic mass is 16.5. The van der Waals surface area contributed by atoms with Crippen molar-refractivity contribution in [2.24, 2.45) is 5.41 Å². The standard InChI is InChI=1S/C14H23NO4/c16-12(15-11-5-4-8-19-10-11)9-14(13(17)18)6-2-1-3-7-14/h11H,1-10H2,(H,15,16)(H,17,18). The maximum Gasteiger partial charge on any atom is 0.310 e. The van der Waals surface area contributed by atoms with E-state index in [9.17, 15) is 14.7 Å². The summed E-state index contributed by atoms with van der Waals surface area (Å²) in [5.41, 5.74) is -0.835. The number of hydrogen-bond donors (Lipinski definition) is 2. The summed E-state index contributed by atoms with van der Waals surface area (Å²) in [6, 6.07) is 0.0516. The molecule has 2 fully saturated rings. The van der Waals surface area contributed by atoms with E-state index < -0.39 is 11.4 Å². The molecule has 0 bridgehead atoms. The van der Waals surface area contributed by atoms with Gasteiger partial charge in [0.25, 0.3) is 0 Å². The first-order valence-corrected chi connectivity index (χ1v) is 7.23. The van der Waals surface area contributed by atoms with Crippen LogP contribution in [0.15, 0.2) is 0 Å². The third kappa shape index (κ3) is 3.69. The van der Waals surface area contributed by atoms with Crippen LogP contribution in [0.5, 0.6) is 0 Å². The summed E-state index contributed by atoms with van der Waals surface area (Å²) in [5, 5.41) is 12.4. The summed E-state index contributed by atoms with van der Waals surface area (Å²) in [4.78, 5) is 23.6. The first-order valence-electron chi connectivity index (χ1n) is 7.23. The summed E-state index contributed by atoms with van der Waals surface area (Å²) < 4.78 is 5.31. The molecule has 0 radical (unpaired) electrons. The molecule has 5 heteroatoms. The maximum atomic E-state index is 12.1. The van der Waals surface area contributed by atoms with Gasteiger partial charge in [0.2, 0.25) is 5.91 Å². The van der Waals surface area contributed by atoms with Gasteiger partial charge in [-0.15, -0.1) is 0 Å². The van der Waals surface area contributed by atoms with Gasteiger partial charge in [0, 0.05) is 13.0 Å². The fourth-order valence-electron chi connectivity index (χ4n) is 3.14. The van der Waals surface area contributed by atoms with Crippen LogP contribution in [0.25, 0.3) is 0 Å². The first kappa shape index (κ1) is 14.3. The minimum Gasteiger partial charge on any atom is -0.481 e. The second-order valence-corrected chi connectivity index (χ2v) is 5.80. The largest absolute Gasteiger partial charge is 0.481 e. The zero-order valence-electron chi connectivity index (χ0n) is 11.3. The van der Waals surface area contributed by atoms with Crippen LogP contribution in [0.1, 0.15) is 51.4 Å². The van der Waals surface area contributed by atoms with E-state index in [1.165, 1.54) is 0 Å². The van der Waals surface area contributed by atoms with E-state index in [2.05, 4.69) is 5.32 Å². The third-order valence-electron chi connectivity index (χ3n) is 4.29. The highest BCUT2D eigenvalue weighted by Crippen LogP contribution is 2.39. The van der Waals surface area contributed by atoms with Gasteiger partial charge in [0.05, 0.1) is 18.1 Å². The van der Waals surface area contributed by atoms with Crippen LogP contribution in [-0.4, -0.2) is 36.2 Å². The van der Waals surface area contributed by atoms with Crippen molar-refractivity contribution >= 4 is 11.9 Å². The number of carbonyl (C=O) groups excluding carboxylic acids is 1. The Balaban J connectivity index is 1.89. The van der Waals surface area contributed by atoms with E-state index in [0.717, 1.165) is 38.7 Å².